The second-order valence-corrected chi connectivity index (χ2v) is 10.3. The Morgan fingerprint density at radius 1 is 0.778 bits per heavy atom. The van der Waals surface area contributed by atoms with Gasteiger partial charge in [0.05, 0.1) is 0 Å². The van der Waals surface area contributed by atoms with Crippen molar-refractivity contribution in [3.05, 3.63) is 150 Å². The Labute approximate surface area is 277 Å². The monoisotopic (exact) mass is 610 g/mol. The van der Waals surface area contributed by atoms with Crippen LogP contribution >= 0.6 is 0 Å². The van der Waals surface area contributed by atoms with Crippen LogP contribution in [0.25, 0.3) is 11.8 Å². The highest BCUT2D eigenvalue weighted by atomic mass is 14.6. The lowest BCUT2D eigenvalue weighted by Gasteiger charge is -2.10. The van der Waals surface area contributed by atoms with Gasteiger partial charge in [0.1, 0.15) is 0 Å². The summed E-state index contributed by atoms with van der Waals surface area (Å²) in [7, 11) is 1.50. The molecule has 0 amide bonds. The summed E-state index contributed by atoms with van der Waals surface area (Å²) in [5.74, 6) is 1.01. The minimum Gasteiger partial charge on any atom is -0.399 e. The molecule has 0 atom stereocenters. The van der Waals surface area contributed by atoms with Crippen molar-refractivity contribution in [3.63, 3.8) is 0 Å². The molecule has 0 saturated heterocycles. The predicted molar refractivity (Wildman–Crippen MR) is 204 cm³/mol. The number of aromatic nitrogens is 1. The number of hydrogen-bond acceptors (Lipinski definition) is 3. The standard InChI is InChI=1S/C15H14.C9H11N.C9H20.C6H7N.C2H6.CH5N/c1-2-14-10-6-7-11-15(14)12-13-8-4-3-5-9-13;1-7-4-3-5-9(6-7)8(2)10;1-4-7-9(6-3)8-5-2;1-6-4-2-3-5-7-6;2*1-2/h2-11H,1,12H2;3-6H,2,10H2,1H3;9H,4-8H2,1-3H3;2-5H,1H3;1-2H3;2H2,1H3. The number of nitrogens with two attached hydrogens (primary N) is 2. The Bertz CT molecular complexity index is 1230. The lowest BCUT2D eigenvalue weighted by atomic mass is 9.96. The summed E-state index contributed by atoms with van der Waals surface area (Å²) in [6, 6.07) is 32.7. The van der Waals surface area contributed by atoms with Gasteiger partial charge >= 0.3 is 0 Å². The van der Waals surface area contributed by atoms with Crippen molar-refractivity contribution in [3.8, 4) is 0 Å². The molecule has 3 heteroatoms. The highest BCUT2D eigenvalue weighted by Gasteiger charge is 2.01. The van der Waals surface area contributed by atoms with Gasteiger partial charge in [-0.05, 0) is 73.7 Å². The fraction of sp³-hybridized carbons (Fsp3) is 0.357. The minimum atomic E-state index is 0.628. The molecule has 0 unspecified atom stereocenters. The lowest BCUT2D eigenvalue weighted by Crippen LogP contribution is -1.96. The summed E-state index contributed by atoms with van der Waals surface area (Å²) in [5.41, 5.74) is 17.8. The summed E-state index contributed by atoms with van der Waals surface area (Å²) in [4.78, 5) is 3.98. The van der Waals surface area contributed by atoms with Crippen LogP contribution in [-0.4, -0.2) is 12.0 Å². The molecule has 0 spiro atoms. The third kappa shape index (κ3) is 22.2. The van der Waals surface area contributed by atoms with Crippen molar-refractivity contribution in [1.82, 2.24) is 4.98 Å². The maximum atomic E-state index is 5.49. The van der Waals surface area contributed by atoms with E-state index in [1.807, 2.05) is 88.4 Å². The average molecular weight is 610 g/mol. The molecule has 0 radical (unpaired) electrons. The van der Waals surface area contributed by atoms with E-state index in [0.29, 0.717) is 5.70 Å². The maximum Gasteiger partial charge on any atom is 0.0372 e. The number of hydrogen-bond donors (Lipinski definition) is 2. The van der Waals surface area contributed by atoms with Gasteiger partial charge in [0, 0.05) is 17.6 Å². The topological polar surface area (TPSA) is 64.9 Å². The molecular weight excluding hydrogens is 546 g/mol. The first-order valence-electron chi connectivity index (χ1n) is 16.5. The van der Waals surface area contributed by atoms with Crippen molar-refractivity contribution < 1.29 is 0 Å². The first kappa shape index (κ1) is 43.2. The van der Waals surface area contributed by atoms with Crippen molar-refractivity contribution in [2.75, 3.05) is 7.05 Å². The van der Waals surface area contributed by atoms with E-state index in [4.69, 9.17) is 5.73 Å². The van der Waals surface area contributed by atoms with Crippen LogP contribution in [0, 0.1) is 19.8 Å². The summed E-state index contributed by atoms with van der Waals surface area (Å²) < 4.78 is 0. The Hall–Kier alpha value is -3.95. The average Bonchev–Trinajstić information content (AvgIpc) is 3.08. The summed E-state index contributed by atoms with van der Waals surface area (Å²) in [6.45, 7) is 22.3. The van der Waals surface area contributed by atoms with E-state index in [1.54, 1.807) is 6.20 Å². The van der Waals surface area contributed by atoms with E-state index >= 15 is 0 Å². The van der Waals surface area contributed by atoms with Gasteiger partial charge in [-0.15, -0.1) is 0 Å². The van der Waals surface area contributed by atoms with E-state index in [0.717, 1.165) is 23.6 Å². The third-order valence-electron chi connectivity index (χ3n) is 6.69. The van der Waals surface area contributed by atoms with Crippen molar-refractivity contribution in [2.24, 2.45) is 17.4 Å². The van der Waals surface area contributed by atoms with Gasteiger partial charge in [0.2, 0.25) is 0 Å². The molecule has 246 valence electrons. The van der Waals surface area contributed by atoms with Gasteiger partial charge in [-0.25, -0.2) is 0 Å². The van der Waals surface area contributed by atoms with Gasteiger partial charge in [-0.1, -0.05) is 170 Å². The van der Waals surface area contributed by atoms with E-state index < -0.39 is 0 Å². The summed E-state index contributed by atoms with van der Waals surface area (Å²) in [5, 5.41) is 0. The lowest BCUT2D eigenvalue weighted by molar-refractivity contribution is 0.427. The first-order valence-corrected chi connectivity index (χ1v) is 16.5. The van der Waals surface area contributed by atoms with Gasteiger partial charge in [0.15, 0.2) is 0 Å². The molecule has 4 aromatic rings. The molecule has 3 aromatic carbocycles. The molecule has 4 N–H and O–H groups in total. The molecule has 1 aromatic heterocycles. The molecule has 45 heavy (non-hydrogen) atoms. The molecule has 0 bridgehead atoms. The van der Waals surface area contributed by atoms with Crippen LogP contribution in [0.5, 0.6) is 0 Å². The molecular formula is C42H63N3. The molecule has 3 nitrogen and oxygen atoms in total. The minimum absolute atomic E-state index is 0.628. The van der Waals surface area contributed by atoms with Gasteiger partial charge < -0.3 is 11.5 Å². The zero-order valence-corrected chi connectivity index (χ0v) is 29.7. The molecule has 0 fully saturated rings. The highest BCUT2D eigenvalue weighted by Crippen LogP contribution is 2.16. The van der Waals surface area contributed by atoms with E-state index in [9.17, 15) is 0 Å². The molecule has 0 aliphatic carbocycles. The first-order chi connectivity index (χ1) is 21.8. The molecule has 0 saturated carbocycles. The molecule has 0 aliphatic rings. The number of benzene rings is 3. The maximum absolute atomic E-state index is 5.49. The zero-order chi connectivity index (χ0) is 34.3. The van der Waals surface area contributed by atoms with Crippen LogP contribution < -0.4 is 11.5 Å². The summed E-state index contributed by atoms with van der Waals surface area (Å²) in [6.07, 6.45) is 11.6. The third-order valence-corrected chi connectivity index (χ3v) is 6.69. The van der Waals surface area contributed by atoms with Gasteiger partial charge in [0.25, 0.3) is 0 Å². The van der Waals surface area contributed by atoms with E-state index in [2.05, 4.69) is 87.1 Å². The Kier molecular flexibility index (Phi) is 28.9. The largest absolute Gasteiger partial charge is 0.399 e. The normalized spacial score (nSPS) is 9.11. The summed E-state index contributed by atoms with van der Waals surface area (Å²) >= 11 is 0. The zero-order valence-electron chi connectivity index (χ0n) is 29.7. The fourth-order valence-corrected chi connectivity index (χ4v) is 4.37. The van der Waals surface area contributed by atoms with Gasteiger partial charge in [-0.3, -0.25) is 4.98 Å². The Morgan fingerprint density at radius 2 is 1.36 bits per heavy atom. The van der Waals surface area contributed by atoms with Gasteiger partial charge in [-0.2, -0.15) is 0 Å². The number of pyridine rings is 1. The molecule has 1 heterocycles. The fourth-order valence-electron chi connectivity index (χ4n) is 4.37. The highest BCUT2D eigenvalue weighted by molar-refractivity contribution is 5.60. The SMILES string of the molecule is C=C(N)c1cccc(C)c1.C=Cc1ccccc1Cc1ccccc1.CC.CCCC(CC)CCC.CN.Cc1ccccn1. The Morgan fingerprint density at radius 3 is 1.78 bits per heavy atom. The van der Waals surface area contributed by atoms with Crippen LogP contribution in [0.2, 0.25) is 0 Å². The van der Waals surface area contributed by atoms with E-state index in [1.165, 1.54) is 61.4 Å². The quantitative estimate of drug-likeness (QED) is 0.198. The van der Waals surface area contributed by atoms with Crippen molar-refractivity contribution in [2.45, 2.75) is 87.0 Å². The number of aryl methyl sites for hydroxylation is 2. The second-order valence-electron chi connectivity index (χ2n) is 10.3. The van der Waals surface area contributed by atoms with Crippen LogP contribution in [0.15, 0.2) is 116 Å². The van der Waals surface area contributed by atoms with Crippen molar-refractivity contribution >= 4 is 11.8 Å². The number of nitrogens with zero attached hydrogens (tertiary/aromatic N) is 1. The van der Waals surface area contributed by atoms with E-state index in [-0.39, 0.29) is 0 Å². The number of rotatable bonds is 9. The Balaban J connectivity index is 0. The molecule has 0 aliphatic heterocycles. The van der Waals surface area contributed by atoms with Crippen LogP contribution in [0.4, 0.5) is 0 Å². The van der Waals surface area contributed by atoms with Crippen LogP contribution in [0.3, 0.4) is 0 Å². The van der Waals surface area contributed by atoms with Crippen molar-refractivity contribution in [1.29, 1.82) is 0 Å². The smallest absolute Gasteiger partial charge is 0.0372 e. The van der Waals surface area contributed by atoms with Crippen LogP contribution in [0.1, 0.15) is 100 Å². The second kappa shape index (κ2) is 30.1. The van der Waals surface area contributed by atoms with Crippen LogP contribution in [-0.2, 0) is 6.42 Å². The predicted octanol–water partition coefficient (Wildman–Crippen LogP) is 11.4. The molecule has 4 rings (SSSR count).